The highest BCUT2D eigenvalue weighted by Gasteiger charge is 2.14. The first-order chi connectivity index (χ1) is 7.75. The number of carbonyl (C=O) groups excluding carboxylic acids is 1. The van der Waals surface area contributed by atoms with E-state index in [2.05, 4.69) is 5.32 Å². The normalized spacial score (nSPS) is 17.5. The molecule has 1 aliphatic rings. The van der Waals surface area contributed by atoms with Crippen molar-refractivity contribution in [2.24, 2.45) is 5.73 Å². The number of carbonyl (C=O) groups is 1. The Labute approximate surface area is 98.9 Å². The number of amides is 1. The molecule has 0 saturated carbocycles. The summed E-state index contributed by atoms with van der Waals surface area (Å²) >= 11 is 2.00. The topological polar surface area (TPSA) is 68.3 Å². The van der Waals surface area contributed by atoms with Gasteiger partial charge < -0.3 is 15.5 Å². The zero-order valence-electron chi connectivity index (χ0n) is 9.07. The molecule has 1 amide bonds. The number of primary amides is 1. The van der Waals surface area contributed by atoms with Crippen LogP contribution in [0.2, 0.25) is 0 Å². The number of hydrogen-bond donors (Lipinski definition) is 2. The predicted octanol–water partition coefficient (Wildman–Crippen LogP) is 1.36. The molecule has 5 heteroatoms. The fourth-order valence-electron chi connectivity index (χ4n) is 1.75. The molecule has 1 fully saturated rings. The van der Waals surface area contributed by atoms with Gasteiger partial charge in [-0.25, -0.2) is 0 Å². The molecule has 4 nitrogen and oxygen atoms in total. The van der Waals surface area contributed by atoms with E-state index < -0.39 is 5.91 Å². The van der Waals surface area contributed by atoms with E-state index >= 15 is 0 Å². The number of nitrogens with two attached hydrogens (primary N) is 1. The Kier molecular flexibility index (Phi) is 3.90. The zero-order chi connectivity index (χ0) is 11.4. The Morgan fingerprint density at radius 2 is 2.25 bits per heavy atom. The van der Waals surface area contributed by atoms with Crippen molar-refractivity contribution < 1.29 is 9.21 Å². The van der Waals surface area contributed by atoms with Gasteiger partial charge >= 0.3 is 0 Å². The van der Waals surface area contributed by atoms with Crippen LogP contribution in [0.1, 0.15) is 29.2 Å². The van der Waals surface area contributed by atoms with E-state index in [9.17, 15) is 4.79 Å². The van der Waals surface area contributed by atoms with Crippen LogP contribution < -0.4 is 11.1 Å². The third kappa shape index (κ3) is 3.02. The minimum atomic E-state index is -0.514. The van der Waals surface area contributed by atoms with Crippen LogP contribution in [0.3, 0.4) is 0 Å². The summed E-state index contributed by atoms with van der Waals surface area (Å²) in [6, 6.07) is 3.99. The summed E-state index contributed by atoms with van der Waals surface area (Å²) < 4.78 is 5.29. The monoisotopic (exact) mass is 240 g/mol. The molecule has 0 spiro atoms. The lowest BCUT2D eigenvalue weighted by molar-refractivity contribution is 0.0972. The van der Waals surface area contributed by atoms with Crippen LogP contribution in [-0.4, -0.2) is 23.5 Å². The van der Waals surface area contributed by atoms with Crippen molar-refractivity contribution in [1.82, 2.24) is 5.32 Å². The van der Waals surface area contributed by atoms with Crippen molar-refractivity contribution in [2.45, 2.75) is 25.4 Å². The van der Waals surface area contributed by atoms with Gasteiger partial charge in [-0.2, -0.15) is 11.8 Å². The van der Waals surface area contributed by atoms with Crippen molar-refractivity contribution in [2.75, 3.05) is 11.5 Å². The van der Waals surface area contributed by atoms with Gasteiger partial charge in [-0.05, 0) is 36.5 Å². The SMILES string of the molecule is NC(=O)c1ccc(CNC2CCSCC2)o1. The van der Waals surface area contributed by atoms with E-state index in [-0.39, 0.29) is 5.76 Å². The lowest BCUT2D eigenvalue weighted by Crippen LogP contribution is -2.31. The molecule has 1 saturated heterocycles. The molecule has 3 N–H and O–H groups in total. The number of thioether (sulfide) groups is 1. The summed E-state index contributed by atoms with van der Waals surface area (Å²) in [5.41, 5.74) is 5.11. The number of rotatable bonds is 4. The molecule has 1 aromatic rings. The van der Waals surface area contributed by atoms with Gasteiger partial charge in [0.1, 0.15) is 5.76 Å². The Balaban J connectivity index is 1.81. The lowest BCUT2D eigenvalue weighted by Gasteiger charge is -2.21. The second-order valence-electron chi connectivity index (χ2n) is 3.90. The molecule has 0 radical (unpaired) electrons. The van der Waals surface area contributed by atoms with Crippen LogP contribution in [0.4, 0.5) is 0 Å². The second-order valence-corrected chi connectivity index (χ2v) is 5.12. The first kappa shape index (κ1) is 11.5. The Morgan fingerprint density at radius 1 is 1.50 bits per heavy atom. The molecule has 0 bridgehead atoms. The standard InChI is InChI=1S/C11H16N2O2S/c12-11(14)10-2-1-9(15-10)7-13-8-3-5-16-6-4-8/h1-2,8,13H,3-7H2,(H2,12,14). The lowest BCUT2D eigenvalue weighted by atomic mass is 10.1. The van der Waals surface area contributed by atoms with Crippen molar-refractivity contribution in [1.29, 1.82) is 0 Å². The van der Waals surface area contributed by atoms with Gasteiger partial charge in [0.05, 0.1) is 6.54 Å². The molecule has 0 aliphatic carbocycles. The van der Waals surface area contributed by atoms with E-state index in [4.69, 9.17) is 10.2 Å². The quantitative estimate of drug-likeness (QED) is 0.834. The van der Waals surface area contributed by atoms with Gasteiger partial charge in [0.2, 0.25) is 0 Å². The van der Waals surface area contributed by atoms with Gasteiger partial charge in [-0.3, -0.25) is 4.79 Å². The van der Waals surface area contributed by atoms with Crippen molar-refractivity contribution in [3.63, 3.8) is 0 Å². The predicted molar refractivity (Wildman–Crippen MR) is 64.4 cm³/mol. The van der Waals surface area contributed by atoms with Crippen LogP contribution in [0.15, 0.2) is 16.5 Å². The van der Waals surface area contributed by atoms with E-state index in [1.807, 2.05) is 11.8 Å². The molecular formula is C11H16N2O2S. The molecule has 16 heavy (non-hydrogen) atoms. The van der Waals surface area contributed by atoms with E-state index in [1.54, 1.807) is 12.1 Å². The maximum atomic E-state index is 10.8. The average Bonchev–Trinajstić information content (AvgIpc) is 2.76. The fourth-order valence-corrected chi connectivity index (χ4v) is 2.86. The van der Waals surface area contributed by atoms with Crippen LogP contribution >= 0.6 is 11.8 Å². The van der Waals surface area contributed by atoms with Gasteiger partial charge in [0.25, 0.3) is 5.91 Å². The Morgan fingerprint density at radius 3 is 2.88 bits per heavy atom. The minimum Gasteiger partial charge on any atom is -0.455 e. The minimum absolute atomic E-state index is 0.232. The molecule has 0 atom stereocenters. The highest BCUT2D eigenvalue weighted by atomic mass is 32.2. The average molecular weight is 240 g/mol. The Hall–Kier alpha value is -0.940. The molecule has 2 heterocycles. The number of nitrogens with one attached hydrogen (secondary N) is 1. The van der Waals surface area contributed by atoms with Crippen molar-refractivity contribution >= 4 is 17.7 Å². The molecule has 1 aromatic heterocycles. The van der Waals surface area contributed by atoms with Gasteiger partial charge in [0.15, 0.2) is 5.76 Å². The summed E-state index contributed by atoms with van der Waals surface area (Å²) in [7, 11) is 0. The molecule has 0 aromatic carbocycles. The van der Waals surface area contributed by atoms with E-state index in [1.165, 1.54) is 24.3 Å². The van der Waals surface area contributed by atoms with Crippen LogP contribution in [0.25, 0.3) is 0 Å². The van der Waals surface area contributed by atoms with Gasteiger partial charge in [-0.1, -0.05) is 0 Å². The number of hydrogen-bond acceptors (Lipinski definition) is 4. The highest BCUT2D eigenvalue weighted by Crippen LogP contribution is 2.17. The van der Waals surface area contributed by atoms with Crippen LogP contribution in [-0.2, 0) is 6.54 Å². The summed E-state index contributed by atoms with van der Waals surface area (Å²) in [5, 5.41) is 3.43. The smallest absolute Gasteiger partial charge is 0.284 e. The fraction of sp³-hybridized carbons (Fsp3) is 0.545. The van der Waals surface area contributed by atoms with Crippen molar-refractivity contribution in [3.8, 4) is 0 Å². The van der Waals surface area contributed by atoms with Crippen LogP contribution in [0.5, 0.6) is 0 Å². The van der Waals surface area contributed by atoms with E-state index in [0.29, 0.717) is 12.6 Å². The first-order valence-corrected chi connectivity index (χ1v) is 6.61. The summed E-state index contributed by atoms with van der Waals surface area (Å²) in [5.74, 6) is 2.94. The molecule has 0 unspecified atom stereocenters. The summed E-state index contributed by atoms with van der Waals surface area (Å²) in [4.78, 5) is 10.8. The van der Waals surface area contributed by atoms with E-state index in [0.717, 1.165) is 5.76 Å². The van der Waals surface area contributed by atoms with Gasteiger partial charge in [-0.15, -0.1) is 0 Å². The second kappa shape index (κ2) is 5.41. The highest BCUT2D eigenvalue weighted by molar-refractivity contribution is 7.99. The molecular weight excluding hydrogens is 224 g/mol. The first-order valence-electron chi connectivity index (χ1n) is 5.45. The van der Waals surface area contributed by atoms with Gasteiger partial charge in [0, 0.05) is 6.04 Å². The molecule has 1 aliphatic heterocycles. The number of furan rings is 1. The third-order valence-electron chi connectivity index (χ3n) is 2.69. The maximum Gasteiger partial charge on any atom is 0.284 e. The maximum absolute atomic E-state index is 10.8. The summed E-state index contributed by atoms with van der Waals surface area (Å²) in [6.45, 7) is 0.669. The van der Waals surface area contributed by atoms with Crippen LogP contribution in [0, 0.1) is 0 Å². The third-order valence-corrected chi connectivity index (χ3v) is 3.74. The molecule has 2 rings (SSSR count). The zero-order valence-corrected chi connectivity index (χ0v) is 9.89. The largest absolute Gasteiger partial charge is 0.455 e. The molecule has 88 valence electrons. The summed E-state index contributed by atoms with van der Waals surface area (Å²) in [6.07, 6.45) is 2.40. The Bertz CT molecular complexity index is 359. The van der Waals surface area contributed by atoms with Crippen molar-refractivity contribution in [3.05, 3.63) is 23.7 Å².